The number of hydrogen-bond donors (Lipinski definition) is 0. The molecule has 2 heterocycles. The molecule has 0 aliphatic heterocycles. The van der Waals surface area contributed by atoms with Crippen molar-refractivity contribution in [2.75, 3.05) is 0 Å². The van der Waals surface area contributed by atoms with Crippen LogP contribution in [0.1, 0.15) is 15.4 Å². The summed E-state index contributed by atoms with van der Waals surface area (Å²) in [5.74, 6) is -0.0392. The second-order valence-electron chi connectivity index (χ2n) is 3.82. The van der Waals surface area contributed by atoms with E-state index in [4.69, 9.17) is 0 Å². The molecule has 0 aliphatic rings. The molecule has 0 aliphatic carbocycles. The van der Waals surface area contributed by atoms with Crippen LogP contribution in [0.3, 0.4) is 0 Å². The summed E-state index contributed by atoms with van der Waals surface area (Å²) in [6.45, 7) is 0. The second-order valence-corrected chi connectivity index (χ2v) is 5.62. The van der Waals surface area contributed by atoms with Crippen LogP contribution in [-0.2, 0) is 0 Å². The molecule has 0 atom stereocenters. The fraction of sp³-hybridized carbons (Fsp3) is 0. The van der Waals surface area contributed by atoms with Crippen molar-refractivity contribution in [1.82, 2.24) is 4.98 Å². The molecule has 1 aromatic carbocycles. The monoisotopic (exact) mass is 317 g/mol. The SMILES string of the molecule is O=C(c1cccs1)c1nc2ccccc2cc1Br. The number of rotatable bonds is 2. The number of hydrogen-bond acceptors (Lipinski definition) is 3. The van der Waals surface area contributed by atoms with E-state index in [0.717, 1.165) is 15.4 Å². The van der Waals surface area contributed by atoms with Gasteiger partial charge in [-0.25, -0.2) is 4.98 Å². The molecule has 0 N–H and O–H groups in total. The summed E-state index contributed by atoms with van der Waals surface area (Å²) in [4.78, 5) is 17.4. The van der Waals surface area contributed by atoms with Crippen molar-refractivity contribution >= 4 is 44.0 Å². The van der Waals surface area contributed by atoms with E-state index in [1.807, 2.05) is 47.8 Å². The van der Waals surface area contributed by atoms with Crippen molar-refractivity contribution in [3.05, 3.63) is 62.9 Å². The van der Waals surface area contributed by atoms with E-state index in [1.165, 1.54) is 11.3 Å². The third kappa shape index (κ3) is 1.98. The minimum absolute atomic E-state index is 0.0392. The van der Waals surface area contributed by atoms with Crippen LogP contribution >= 0.6 is 27.3 Å². The van der Waals surface area contributed by atoms with Crippen molar-refractivity contribution < 1.29 is 4.79 Å². The fourth-order valence-electron chi connectivity index (χ4n) is 1.77. The van der Waals surface area contributed by atoms with Crippen molar-refractivity contribution in [2.24, 2.45) is 0 Å². The Morgan fingerprint density at radius 1 is 1.17 bits per heavy atom. The van der Waals surface area contributed by atoms with E-state index < -0.39 is 0 Å². The molecule has 0 unspecified atom stereocenters. The Labute approximate surface area is 116 Å². The summed E-state index contributed by atoms with van der Waals surface area (Å²) >= 11 is 4.85. The Hall–Kier alpha value is -1.52. The maximum atomic E-state index is 12.3. The molecule has 2 nitrogen and oxygen atoms in total. The van der Waals surface area contributed by atoms with Gasteiger partial charge in [0.1, 0.15) is 5.69 Å². The summed E-state index contributed by atoms with van der Waals surface area (Å²) in [6, 6.07) is 13.4. The van der Waals surface area contributed by atoms with Gasteiger partial charge in [0, 0.05) is 9.86 Å². The molecule has 3 rings (SSSR count). The molecule has 4 heteroatoms. The zero-order valence-electron chi connectivity index (χ0n) is 9.26. The van der Waals surface area contributed by atoms with Gasteiger partial charge < -0.3 is 0 Å². The lowest BCUT2D eigenvalue weighted by Crippen LogP contribution is -2.03. The van der Waals surface area contributed by atoms with Crippen LogP contribution in [0.15, 0.2) is 52.3 Å². The van der Waals surface area contributed by atoms with Crippen molar-refractivity contribution in [3.8, 4) is 0 Å². The fourth-order valence-corrected chi connectivity index (χ4v) is 2.95. The normalized spacial score (nSPS) is 10.7. The first-order valence-corrected chi connectivity index (χ1v) is 7.06. The molecule has 0 radical (unpaired) electrons. The van der Waals surface area contributed by atoms with Crippen LogP contribution in [0.2, 0.25) is 0 Å². The number of carbonyl (C=O) groups excluding carboxylic acids is 1. The molecule has 88 valence electrons. The lowest BCUT2D eigenvalue weighted by molar-refractivity contribution is 0.103. The summed E-state index contributed by atoms with van der Waals surface area (Å²) in [7, 11) is 0. The van der Waals surface area contributed by atoms with Gasteiger partial charge in [-0.1, -0.05) is 24.3 Å². The molecule has 3 aromatic rings. The van der Waals surface area contributed by atoms with Crippen LogP contribution in [0.25, 0.3) is 10.9 Å². The Bertz CT molecular complexity index is 722. The van der Waals surface area contributed by atoms with E-state index in [0.29, 0.717) is 10.6 Å². The largest absolute Gasteiger partial charge is 0.286 e. The van der Waals surface area contributed by atoms with E-state index in [-0.39, 0.29) is 5.78 Å². The highest BCUT2D eigenvalue weighted by Crippen LogP contribution is 2.24. The van der Waals surface area contributed by atoms with Crippen LogP contribution in [0.5, 0.6) is 0 Å². The Balaban J connectivity index is 2.17. The maximum absolute atomic E-state index is 12.3. The lowest BCUT2D eigenvalue weighted by atomic mass is 10.1. The van der Waals surface area contributed by atoms with E-state index in [9.17, 15) is 4.79 Å². The highest BCUT2D eigenvalue weighted by Gasteiger charge is 2.16. The zero-order valence-corrected chi connectivity index (χ0v) is 11.7. The van der Waals surface area contributed by atoms with E-state index in [2.05, 4.69) is 20.9 Å². The predicted molar refractivity (Wildman–Crippen MR) is 77.2 cm³/mol. The van der Waals surface area contributed by atoms with E-state index in [1.54, 1.807) is 0 Å². The standard InChI is InChI=1S/C14H8BrNOS/c15-10-8-9-4-1-2-5-11(9)16-13(10)14(17)12-6-3-7-18-12/h1-8H. The number of para-hydroxylation sites is 1. The Kier molecular flexibility index (Phi) is 2.97. The molecule has 0 spiro atoms. The first-order valence-electron chi connectivity index (χ1n) is 5.39. The number of halogens is 1. The summed E-state index contributed by atoms with van der Waals surface area (Å²) in [6.07, 6.45) is 0. The minimum atomic E-state index is -0.0392. The molecule has 0 fully saturated rings. The highest BCUT2D eigenvalue weighted by molar-refractivity contribution is 9.10. The minimum Gasteiger partial charge on any atom is -0.286 e. The number of nitrogens with zero attached hydrogens (tertiary/aromatic N) is 1. The van der Waals surface area contributed by atoms with Gasteiger partial charge in [0.15, 0.2) is 0 Å². The second kappa shape index (κ2) is 4.63. The quantitative estimate of drug-likeness (QED) is 0.660. The van der Waals surface area contributed by atoms with Gasteiger partial charge in [-0.05, 0) is 39.5 Å². The first-order chi connectivity index (χ1) is 8.75. The number of thiophene rings is 1. The molecule has 0 saturated heterocycles. The van der Waals surface area contributed by atoms with Gasteiger partial charge in [0.05, 0.1) is 10.4 Å². The average molecular weight is 318 g/mol. The topological polar surface area (TPSA) is 30.0 Å². The van der Waals surface area contributed by atoms with Crippen molar-refractivity contribution in [3.63, 3.8) is 0 Å². The summed E-state index contributed by atoms with van der Waals surface area (Å²) in [5, 5.41) is 2.91. The molecular formula is C14H8BrNOS. The first kappa shape index (κ1) is 11.6. The number of aromatic nitrogens is 1. The number of pyridine rings is 1. The summed E-state index contributed by atoms with van der Waals surface area (Å²) < 4.78 is 0.736. The van der Waals surface area contributed by atoms with Crippen LogP contribution in [0.4, 0.5) is 0 Å². The molecule has 18 heavy (non-hydrogen) atoms. The molecule has 0 amide bonds. The number of benzene rings is 1. The van der Waals surface area contributed by atoms with E-state index >= 15 is 0 Å². The number of ketones is 1. The number of carbonyl (C=O) groups is 1. The Morgan fingerprint density at radius 2 is 2.00 bits per heavy atom. The van der Waals surface area contributed by atoms with Gasteiger partial charge in [0.2, 0.25) is 5.78 Å². The van der Waals surface area contributed by atoms with Gasteiger partial charge in [0.25, 0.3) is 0 Å². The van der Waals surface area contributed by atoms with Crippen molar-refractivity contribution in [1.29, 1.82) is 0 Å². The van der Waals surface area contributed by atoms with Crippen LogP contribution in [-0.4, -0.2) is 10.8 Å². The predicted octanol–water partition coefficient (Wildman–Crippen LogP) is 4.29. The highest BCUT2D eigenvalue weighted by atomic mass is 79.9. The Morgan fingerprint density at radius 3 is 2.78 bits per heavy atom. The summed E-state index contributed by atoms with van der Waals surface area (Å²) in [5.41, 5.74) is 1.30. The van der Waals surface area contributed by atoms with Gasteiger partial charge in [-0.15, -0.1) is 11.3 Å². The average Bonchev–Trinajstić information content (AvgIpc) is 2.91. The van der Waals surface area contributed by atoms with Crippen molar-refractivity contribution in [2.45, 2.75) is 0 Å². The van der Waals surface area contributed by atoms with Crippen LogP contribution < -0.4 is 0 Å². The number of fused-ring (bicyclic) bond motifs is 1. The zero-order chi connectivity index (χ0) is 12.5. The lowest BCUT2D eigenvalue weighted by Gasteiger charge is -2.04. The van der Waals surface area contributed by atoms with Crippen LogP contribution in [0, 0.1) is 0 Å². The third-order valence-corrected chi connectivity index (χ3v) is 4.11. The molecule has 0 saturated carbocycles. The van der Waals surface area contributed by atoms with Gasteiger partial charge in [-0.3, -0.25) is 4.79 Å². The smallest absolute Gasteiger partial charge is 0.222 e. The molecular weight excluding hydrogens is 310 g/mol. The van der Waals surface area contributed by atoms with Gasteiger partial charge in [-0.2, -0.15) is 0 Å². The maximum Gasteiger partial charge on any atom is 0.222 e. The van der Waals surface area contributed by atoms with Gasteiger partial charge >= 0.3 is 0 Å². The third-order valence-electron chi connectivity index (χ3n) is 2.64. The molecule has 2 aromatic heterocycles. The molecule has 0 bridgehead atoms.